The highest BCUT2D eigenvalue weighted by molar-refractivity contribution is 7.15. The molecule has 1 aromatic carbocycles. The fourth-order valence-electron chi connectivity index (χ4n) is 2.54. The summed E-state index contributed by atoms with van der Waals surface area (Å²) in [5.74, 6) is 0.459. The molecule has 2 aromatic heterocycles. The first kappa shape index (κ1) is 18.0. The Kier molecular flexibility index (Phi) is 4.99. The summed E-state index contributed by atoms with van der Waals surface area (Å²) in [5, 5.41) is 21.8. The van der Waals surface area contributed by atoms with E-state index in [1.165, 1.54) is 28.0 Å². The third kappa shape index (κ3) is 3.88. The van der Waals surface area contributed by atoms with E-state index in [0.717, 1.165) is 11.4 Å². The Labute approximate surface area is 153 Å². The molecule has 26 heavy (non-hydrogen) atoms. The number of anilines is 1. The minimum absolute atomic E-state index is 0.0252. The molecular formula is C17H19N5O3S. The lowest BCUT2D eigenvalue weighted by molar-refractivity contribution is -0.116. The third-order valence-corrected chi connectivity index (χ3v) is 4.59. The van der Waals surface area contributed by atoms with Crippen molar-refractivity contribution in [2.24, 2.45) is 5.92 Å². The number of rotatable bonds is 5. The normalized spacial score (nSPS) is 11.2. The molecule has 8 nitrogen and oxygen atoms in total. The van der Waals surface area contributed by atoms with E-state index in [1.54, 1.807) is 13.0 Å². The number of carbonyl (C=O) groups is 1. The highest BCUT2D eigenvalue weighted by Crippen LogP contribution is 2.18. The molecule has 0 aliphatic carbocycles. The molecule has 0 spiro atoms. The number of aromatic nitrogens is 4. The molecule has 136 valence electrons. The number of benzene rings is 1. The number of phenolic OH excluding ortho intramolecular Hbond substituents is 1. The Balaban J connectivity index is 1.81. The van der Waals surface area contributed by atoms with E-state index < -0.39 is 0 Å². The Morgan fingerprint density at radius 1 is 1.35 bits per heavy atom. The first-order chi connectivity index (χ1) is 12.3. The van der Waals surface area contributed by atoms with Gasteiger partial charge in [0.15, 0.2) is 0 Å². The summed E-state index contributed by atoms with van der Waals surface area (Å²) >= 11 is 1.32. The van der Waals surface area contributed by atoms with Crippen LogP contribution in [0.4, 0.5) is 5.13 Å². The van der Waals surface area contributed by atoms with Gasteiger partial charge in [0.05, 0.1) is 10.9 Å². The maximum absolute atomic E-state index is 12.6. The van der Waals surface area contributed by atoms with Crippen LogP contribution in [0.2, 0.25) is 0 Å². The number of phenols is 1. The second-order valence-electron chi connectivity index (χ2n) is 6.40. The summed E-state index contributed by atoms with van der Waals surface area (Å²) in [5.41, 5.74) is 0.0979. The van der Waals surface area contributed by atoms with Gasteiger partial charge in [-0.3, -0.25) is 19.5 Å². The third-order valence-electron chi connectivity index (χ3n) is 3.73. The molecule has 0 saturated carbocycles. The molecule has 0 aliphatic heterocycles. The monoisotopic (exact) mass is 373 g/mol. The van der Waals surface area contributed by atoms with Crippen molar-refractivity contribution in [3.05, 3.63) is 39.4 Å². The Hall–Kier alpha value is -2.81. The molecule has 1 amide bonds. The van der Waals surface area contributed by atoms with Crippen LogP contribution in [-0.2, 0) is 17.8 Å². The average molecular weight is 373 g/mol. The van der Waals surface area contributed by atoms with Crippen molar-refractivity contribution in [2.45, 2.75) is 33.7 Å². The zero-order valence-electron chi connectivity index (χ0n) is 14.7. The van der Waals surface area contributed by atoms with E-state index in [2.05, 4.69) is 34.3 Å². The van der Waals surface area contributed by atoms with E-state index in [0.29, 0.717) is 22.4 Å². The Morgan fingerprint density at radius 3 is 2.85 bits per heavy atom. The molecule has 0 unspecified atom stereocenters. The molecular weight excluding hydrogens is 354 g/mol. The maximum atomic E-state index is 12.6. The minimum Gasteiger partial charge on any atom is -0.508 e. The molecule has 3 rings (SSSR count). The van der Waals surface area contributed by atoms with Gasteiger partial charge in [0.1, 0.15) is 23.1 Å². The predicted molar refractivity (Wildman–Crippen MR) is 99.5 cm³/mol. The molecule has 0 saturated heterocycles. The van der Waals surface area contributed by atoms with Crippen molar-refractivity contribution in [2.75, 3.05) is 5.32 Å². The summed E-state index contributed by atoms with van der Waals surface area (Å²) in [6.45, 7) is 5.63. The summed E-state index contributed by atoms with van der Waals surface area (Å²) in [6.07, 6.45) is 0.796. The van der Waals surface area contributed by atoms with E-state index in [9.17, 15) is 14.7 Å². The molecule has 2 N–H and O–H groups in total. The topological polar surface area (TPSA) is 110 Å². The number of carbonyl (C=O) groups excluding carboxylic acids is 1. The highest BCUT2D eigenvalue weighted by Gasteiger charge is 2.14. The van der Waals surface area contributed by atoms with E-state index in [1.807, 2.05) is 0 Å². The van der Waals surface area contributed by atoms with Gasteiger partial charge in [0.25, 0.3) is 5.56 Å². The number of amides is 1. The smallest absolute Gasteiger partial charge is 0.261 e. The first-order valence-corrected chi connectivity index (χ1v) is 8.97. The second kappa shape index (κ2) is 7.20. The lowest BCUT2D eigenvalue weighted by Gasteiger charge is -2.10. The predicted octanol–water partition coefficient (Wildman–Crippen LogP) is 2.10. The van der Waals surface area contributed by atoms with Gasteiger partial charge in [-0.1, -0.05) is 25.2 Å². The quantitative estimate of drug-likeness (QED) is 0.709. The van der Waals surface area contributed by atoms with E-state index in [4.69, 9.17) is 0 Å². The van der Waals surface area contributed by atoms with Crippen molar-refractivity contribution in [3.8, 4) is 5.75 Å². The van der Waals surface area contributed by atoms with Crippen molar-refractivity contribution >= 4 is 33.3 Å². The number of fused-ring (bicyclic) bond motifs is 1. The van der Waals surface area contributed by atoms with Gasteiger partial charge < -0.3 is 5.11 Å². The summed E-state index contributed by atoms with van der Waals surface area (Å²) in [6, 6.07) is 4.39. The first-order valence-electron chi connectivity index (χ1n) is 8.16. The largest absolute Gasteiger partial charge is 0.508 e. The Morgan fingerprint density at radius 2 is 2.12 bits per heavy atom. The van der Waals surface area contributed by atoms with Crippen molar-refractivity contribution in [3.63, 3.8) is 0 Å². The standard InChI is InChI=1S/C17H19N5O3S/c1-9(2)6-15-20-21-17(26-15)19-14(24)8-22-10(3)18-13-5-4-11(23)7-12(13)16(22)25/h4-5,7,9,23H,6,8H2,1-3H3,(H,19,21,24). The highest BCUT2D eigenvalue weighted by atomic mass is 32.1. The SMILES string of the molecule is Cc1nc2ccc(O)cc2c(=O)n1CC(=O)Nc1nnc(CC(C)C)s1. The fraction of sp³-hybridized carbons (Fsp3) is 0.353. The van der Waals surface area contributed by atoms with Crippen molar-refractivity contribution in [1.82, 2.24) is 19.7 Å². The number of hydrogen-bond acceptors (Lipinski definition) is 7. The van der Waals surface area contributed by atoms with Crippen LogP contribution >= 0.6 is 11.3 Å². The van der Waals surface area contributed by atoms with Gasteiger partial charge in [0.2, 0.25) is 11.0 Å². The molecule has 3 aromatic rings. The molecule has 0 bridgehead atoms. The van der Waals surface area contributed by atoms with Crippen LogP contribution in [0.25, 0.3) is 10.9 Å². The van der Waals surface area contributed by atoms with Gasteiger partial charge >= 0.3 is 0 Å². The van der Waals surface area contributed by atoms with Crippen molar-refractivity contribution in [1.29, 1.82) is 0 Å². The lowest BCUT2D eigenvalue weighted by Crippen LogP contribution is -2.30. The van der Waals surface area contributed by atoms with Crippen LogP contribution in [0.5, 0.6) is 5.75 Å². The summed E-state index contributed by atoms with van der Waals surface area (Å²) in [4.78, 5) is 29.3. The molecule has 0 atom stereocenters. The van der Waals surface area contributed by atoms with Crippen molar-refractivity contribution < 1.29 is 9.90 Å². The number of nitrogens with one attached hydrogen (secondary N) is 1. The molecule has 0 fully saturated rings. The Bertz CT molecular complexity index is 1020. The average Bonchev–Trinajstić information content (AvgIpc) is 2.98. The molecule has 0 radical (unpaired) electrons. The van der Waals surface area contributed by atoms with Crippen LogP contribution in [0.15, 0.2) is 23.0 Å². The number of nitrogens with zero attached hydrogens (tertiary/aromatic N) is 4. The number of aromatic hydroxyl groups is 1. The van der Waals surface area contributed by atoms with Gasteiger partial charge in [0, 0.05) is 6.42 Å². The van der Waals surface area contributed by atoms with Gasteiger partial charge in [-0.05, 0) is 31.0 Å². The van der Waals surface area contributed by atoms with Gasteiger partial charge in [-0.2, -0.15) is 0 Å². The van der Waals surface area contributed by atoms with Gasteiger partial charge in [-0.15, -0.1) is 10.2 Å². The zero-order chi connectivity index (χ0) is 18.8. The van der Waals surface area contributed by atoms with Crippen LogP contribution < -0.4 is 10.9 Å². The van der Waals surface area contributed by atoms with Crippen LogP contribution in [0, 0.1) is 12.8 Å². The summed E-state index contributed by atoms with van der Waals surface area (Å²) in [7, 11) is 0. The molecule has 0 aliphatic rings. The van der Waals surface area contributed by atoms with E-state index in [-0.39, 0.29) is 29.1 Å². The summed E-state index contributed by atoms with van der Waals surface area (Å²) < 4.78 is 1.27. The van der Waals surface area contributed by atoms with Crippen LogP contribution in [-0.4, -0.2) is 30.8 Å². The number of aryl methyl sites for hydroxylation is 1. The van der Waals surface area contributed by atoms with Gasteiger partial charge in [-0.25, -0.2) is 4.98 Å². The minimum atomic E-state index is -0.385. The molecule has 9 heteroatoms. The van der Waals surface area contributed by atoms with E-state index >= 15 is 0 Å². The van der Waals surface area contributed by atoms with Crippen LogP contribution in [0.1, 0.15) is 24.7 Å². The second-order valence-corrected chi connectivity index (χ2v) is 7.46. The molecule has 2 heterocycles. The lowest BCUT2D eigenvalue weighted by atomic mass is 10.1. The maximum Gasteiger partial charge on any atom is 0.261 e. The van der Waals surface area contributed by atoms with Crippen LogP contribution in [0.3, 0.4) is 0 Å². The fourth-order valence-corrected chi connectivity index (χ4v) is 3.51. The number of hydrogen-bond donors (Lipinski definition) is 2. The zero-order valence-corrected chi connectivity index (χ0v) is 15.5.